The van der Waals surface area contributed by atoms with Crippen molar-refractivity contribution in [3.8, 4) is 0 Å². The number of aliphatic hydroxyl groups is 1. The van der Waals surface area contributed by atoms with Crippen molar-refractivity contribution < 1.29 is 14.7 Å². The van der Waals surface area contributed by atoms with Gasteiger partial charge in [0.1, 0.15) is 0 Å². The van der Waals surface area contributed by atoms with E-state index >= 15 is 0 Å². The van der Waals surface area contributed by atoms with E-state index < -0.39 is 0 Å². The van der Waals surface area contributed by atoms with Gasteiger partial charge in [-0.25, -0.2) is 0 Å². The summed E-state index contributed by atoms with van der Waals surface area (Å²) in [4.78, 5) is 25.1. The maximum absolute atomic E-state index is 12.0. The van der Waals surface area contributed by atoms with Crippen molar-refractivity contribution in [1.82, 2.24) is 10.2 Å². The van der Waals surface area contributed by atoms with Crippen LogP contribution in [0.3, 0.4) is 0 Å². The van der Waals surface area contributed by atoms with E-state index in [0.29, 0.717) is 12.0 Å². The van der Waals surface area contributed by atoms with Gasteiger partial charge in [0.15, 0.2) is 0 Å². The summed E-state index contributed by atoms with van der Waals surface area (Å²) in [5.41, 5.74) is 0.548. The van der Waals surface area contributed by atoms with Gasteiger partial charge in [0.05, 0.1) is 19.2 Å². The van der Waals surface area contributed by atoms with Crippen LogP contribution in [0.1, 0.15) is 23.7 Å². The number of likely N-dealkylation sites (N-methyl/N-ethyl adjacent to an activating group) is 1. The highest BCUT2D eigenvalue weighted by Gasteiger charge is 2.16. The summed E-state index contributed by atoms with van der Waals surface area (Å²) < 4.78 is 0. The second kappa shape index (κ2) is 7.53. The molecule has 0 heterocycles. The summed E-state index contributed by atoms with van der Waals surface area (Å²) >= 11 is 0. The van der Waals surface area contributed by atoms with E-state index in [4.69, 9.17) is 5.11 Å². The largest absolute Gasteiger partial charge is 0.394 e. The predicted molar refractivity (Wildman–Crippen MR) is 72.7 cm³/mol. The number of aliphatic hydroxyl groups excluding tert-OH is 1. The number of hydrogen-bond donors (Lipinski definition) is 2. The molecule has 0 radical (unpaired) electrons. The Morgan fingerprint density at radius 2 is 1.95 bits per heavy atom. The number of nitrogens with one attached hydrogen (secondary N) is 1. The van der Waals surface area contributed by atoms with Gasteiger partial charge in [0.2, 0.25) is 5.91 Å². The van der Waals surface area contributed by atoms with Crippen molar-refractivity contribution >= 4 is 11.8 Å². The van der Waals surface area contributed by atoms with E-state index in [9.17, 15) is 9.59 Å². The maximum Gasteiger partial charge on any atom is 0.254 e. The van der Waals surface area contributed by atoms with Gasteiger partial charge in [-0.3, -0.25) is 9.59 Å². The van der Waals surface area contributed by atoms with E-state index in [2.05, 4.69) is 5.32 Å². The first kappa shape index (κ1) is 15.2. The Hall–Kier alpha value is -1.88. The molecule has 1 aromatic carbocycles. The summed E-state index contributed by atoms with van der Waals surface area (Å²) in [5.74, 6) is -0.472. The second-order valence-corrected chi connectivity index (χ2v) is 4.38. The maximum atomic E-state index is 12.0. The van der Waals surface area contributed by atoms with Crippen LogP contribution in [0.5, 0.6) is 0 Å². The molecule has 0 unspecified atom stereocenters. The first-order valence-electron chi connectivity index (χ1n) is 6.29. The van der Waals surface area contributed by atoms with Crippen molar-refractivity contribution in [3.05, 3.63) is 35.9 Å². The van der Waals surface area contributed by atoms with Crippen LogP contribution in [0.15, 0.2) is 30.3 Å². The Kier molecular flexibility index (Phi) is 6.02. The molecule has 1 aromatic rings. The van der Waals surface area contributed by atoms with Crippen LogP contribution in [0, 0.1) is 0 Å². The fourth-order valence-electron chi connectivity index (χ4n) is 1.64. The highest BCUT2D eigenvalue weighted by molar-refractivity contribution is 5.96. The molecular formula is C14H20N2O3. The highest BCUT2D eigenvalue weighted by Crippen LogP contribution is 2.02. The van der Waals surface area contributed by atoms with Crippen molar-refractivity contribution in [3.63, 3.8) is 0 Å². The molecule has 2 amide bonds. The Labute approximate surface area is 113 Å². The second-order valence-electron chi connectivity index (χ2n) is 4.38. The van der Waals surface area contributed by atoms with E-state index in [0.717, 1.165) is 0 Å². The third-order valence-corrected chi connectivity index (χ3v) is 2.83. The van der Waals surface area contributed by atoms with E-state index in [-0.39, 0.29) is 31.0 Å². The zero-order valence-electron chi connectivity index (χ0n) is 11.3. The summed E-state index contributed by atoms with van der Waals surface area (Å²) in [6, 6.07) is 8.54. The highest BCUT2D eigenvalue weighted by atomic mass is 16.3. The topological polar surface area (TPSA) is 69.6 Å². The molecule has 0 aromatic heterocycles. The summed E-state index contributed by atoms with van der Waals surface area (Å²) in [6.07, 6.45) is 0.651. The molecule has 104 valence electrons. The van der Waals surface area contributed by atoms with Gasteiger partial charge in [-0.05, 0) is 18.6 Å². The molecule has 0 fully saturated rings. The van der Waals surface area contributed by atoms with Gasteiger partial charge >= 0.3 is 0 Å². The van der Waals surface area contributed by atoms with Gasteiger partial charge in [0, 0.05) is 12.6 Å². The normalized spacial score (nSPS) is 11.7. The lowest BCUT2D eigenvalue weighted by Crippen LogP contribution is -2.43. The number of nitrogens with zero attached hydrogens (tertiary/aromatic N) is 1. The monoisotopic (exact) mass is 264 g/mol. The number of benzene rings is 1. The molecule has 0 aliphatic carbocycles. The van der Waals surface area contributed by atoms with Crippen LogP contribution in [0.25, 0.3) is 0 Å². The Morgan fingerprint density at radius 3 is 2.47 bits per heavy atom. The smallest absolute Gasteiger partial charge is 0.254 e. The fourth-order valence-corrected chi connectivity index (χ4v) is 1.64. The molecule has 19 heavy (non-hydrogen) atoms. The average molecular weight is 264 g/mol. The summed E-state index contributed by atoms with van der Waals surface area (Å²) in [6.45, 7) is 1.75. The van der Waals surface area contributed by atoms with Crippen LogP contribution in [0.2, 0.25) is 0 Å². The molecule has 0 aliphatic heterocycles. The minimum absolute atomic E-state index is 0.0236. The Bertz CT molecular complexity index is 416. The lowest BCUT2D eigenvalue weighted by molar-refractivity contribution is -0.122. The molecule has 1 rings (SSSR count). The van der Waals surface area contributed by atoms with Crippen molar-refractivity contribution in [2.24, 2.45) is 0 Å². The van der Waals surface area contributed by atoms with E-state index in [1.54, 1.807) is 31.3 Å². The summed E-state index contributed by atoms with van der Waals surface area (Å²) in [5, 5.41) is 11.7. The van der Waals surface area contributed by atoms with Gasteiger partial charge in [-0.15, -0.1) is 0 Å². The van der Waals surface area contributed by atoms with Crippen molar-refractivity contribution in [2.75, 3.05) is 20.2 Å². The molecule has 5 nitrogen and oxygen atoms in total. The first-order valence-corrected chi connectivity index (χ1v) is 6.29. The minimum atomic E-state index is -0.271. The molecule has 0 spiro atoms. The number of hydrogen-bond acceptors (Lipinski definition) is 3. The molecule has 2 N–H and O–H groups in total. The van der Waals surface area contributed by atoms with Gasteiger partial charge in [-0.1, -0.05) is 25.1 Å². The van der Waals surface area contributed by atoms with Crippen LogP contribution in [-0.2, 0) is 4.79 Å². The lowest BCUT2D eigenvalue weighted by atomic mass is 10.2. The number of amides is 2. The van der Waals surface area contributed by atoms with E-state index in [1.807, 2.05) is 13.0 Å². The number of carbonyl (C=O) groups is 2. The average Bonchev–Trinajstić information content (AvgIpc) is 2.44. The third-order valence-electron chi connectivity index (χ3n) is 2.83. The van der Waals surface area contributed by atoms with Gasteiger partial charge < -0.3 is 15.3 Å². The molecule has 0 bridgehead atoms. The Balaban J connectivity index is 2.53. The van der Waals surface area contributed by atoms with Crippen LogP contribution >= 0.6 is 0 Å². The van der Waals surface area contributed by atoms with Crippen LogP contribution in [-0.4, -0.2) is 48.1 Å². The van der Waals surface area contributed by atoms with Crippen LogP contribution in [0.4, 0.5) is 0 Å². The van der Waals surface area contributed by atoms with Crippen molar-refractivity contribution in [1.29, 1.82) is 0 Å². The minimum Gasteiger partial charge on any atom is -0.394 e. The van der Waals surface area contributed by atoms with Crippen molar-refractivity contribution in [2.45, 2.75) is 19.4 Å². The quantitative estimate of drug-likeness (QED) is 0.792. The Morgan fingerprint density at radius 1 is 1.32 bits per heavy atom. The standard InChI is InChI=1S/C14H20N2O3/c1-3-12(10-17)15-13(18)9-16(2)14(19)11-7-5-4-6-8-11/h4-8,12,17H,3,9-10H2,1-2H3,(H,15,18)/t12-/m0/s1. The number of rotatable bonds is 6. The molecule has 0 aliphatic rings. The zero-order valence-corrected chi connectivity index (χ0v) is 11.3. The molecule has 5 heteroatoms. The molecule has 0 saturated carbocycles. The SMILES string of the molecule is CC[C@@H](CO)NC(=O)CN(C)C(=O)c1ccccc1. The van der Waals surface area contributed by atoms with E-state index in [1.165, 1.54) is 4.90 Å². The van der Waals surface area contributed by atoms with Gasteiger partial charge in [-0.2, -0.15) is 0 Å². The fraction of sp³-hybridized carbons (Fsp3) is 0.429. The first-order chi connectivity index (χ1) is 9.08. The zero-order chi connectivity index (χ0) is 14.3. The molecule has 0 saturated heterocycles. The summed E-state index contributed by atoms with van der Waals surface area (Å²) in [7, 11) is 1.58. The molecule has 1 atom stereocenters. The number of carbonyl (C=O) groups excluding carboxylic acids is 2. The third kappa shape index (κ3) is 4.71. The van der Waals surface area contributed by atoms with Gasteiger partial charge in [0.25, 0.3) is 5.91 Å². The molecular weight excluding hydrogens is 244 g/mol. The lowest BCUT2D eigenvalue weighted by Gasteiger charge is -2.19. The predicted octanol–water partition coefficient (Wildman–Crippen LogP) is 0.646. The van der Waals surface area contributed by atoms with Crippen LogP contribution < -0.4 is 5.32 Å².